The predicted octanol–water partition coefficient (Wildman–Crippen LogP) is 2.08. The van der Waals surface area contributed by atoms with Gasteiger partial charge in [-0.05, 0) is 24.3 Å². The zero-order valence-corrected chi connectivity index (χ0v) is 17.6. The number of nitrogens with zero attached hydrogens (tertiary/aromatic N) is 2. The minimum atomic E-state index is -0.897. The van der Waals surface area contributed by atoms with Gasteiger partial charge in [0.05, 0.1) is 13.5 Å². The highest BCUT2D eigenvalue weighted by Crippen LogP contribution is 2.38. The van der Waals surface area contributed by atoms with Crippen molar-refractivity contribution in [3.05, 3.63) is 35.9 Å². The highest BCUT2D eigenvalue weighted by atomic mass is 16.5. The van der Waals surface area contributed by atoms with Crippen LogP contribution in [0.25, 0.3) is 0 Å². The van der Waals surface area contributed by atoms with Crippen molar-refractivity contribution in [2.45, 2.75) is 51.1 Å². The number of hydrogen-bond donors (Lipinski definition) is 1. The number of rotatable bonds is 7. The Hall–Kier alpha value is -2.90. The number of urea groups is 1. The van der Waals surface area contributed by atoms with E-state index in [9.17, 15) is 19.2 Å². The summed E-state index contributed by atoms with van der Waals surface area (Å²) in [6.45, 7) is 2.06. The molecule has 1 saturated heterocycles. The molecule has 162 valence electrons. The molecule has 0 bridgehead atoms. The molecule has 1 aliphatic heterocycles. The molecule has 2 fully saturated rings. The van der Waals surface area contributed by atoms with Crippen LogP contribution in [0.3, 0.4) is 0 Å². The summed E-state index contributed by atoms with van der Waals surface area (Å²) in [5.74, 6) is -1.10. The first-order chi connectivity index (χ1) is 14.4. The number of esters is 1. The van der Waals surface area contributed by atoms with Gasteiger partial charge in [-0.15, -0.1) is 0 Å². The summed E-state index contributed by atoms with van der Waals surface area (Å²) < 4.78 is 4.68. The van der Waals surface area contributed by atoms with Crippen molar-refractivity contribution in [2.24, 2.45) is 5.92 Å². The summed E-state index contributed by atoms with van der Waals surface area (Å²) in [6, 6.07) is 8.85. The number of carbonyl (C=O) groups is 4. The molecule has 0 aromatic heterocycles. The normalized spacial score (nSPS) is 23.4. The monoisotopic (exact) mass is 415 g/mol. The van der Waals surface area contributed by atoms with Crippen LogP contribution in [-0.2, 0) is 25.7 Å². The van der Waals surface area contributed by atoms with Crippen LogP contribution >= 0.6 is 0 Å². The third-order valence-corrected chi connectivity index (χ3v) is 6.18. The maximum atomic E-state index is 13.1. The van der Waals surface area contributed by atoms with Gasteiger partial charge in [-0.25, -0.2) is 4.79 Å². The molecule has 8 heteroatoms. The van der Waals surface area contributed by atoms with Gasteiger partial charge in [-0.1, -0.05) is 50.1 Å². The van der Waals surface area contributed by atoms with E-state index in [1.54, 1.807) is 0 Å². The number of nitrogens with one attached hydrogen (secondary N) is 1. The molecule has 1 heterocycles. The van der Waals surface area contributed by atoms with Crippen LogP contribution in [0.15, 0.2) is 30.3 Å². The van der Waals surface area contributed by atoms with Crippen molar-refractivity contribution >= 4 is 23.8 Å². The molecule has 1 N–H and O–H groups in total. The summed E-state index contributed by atoms with van der Waals surface area (Å²) in [7, 11) is 1.30. The fourth-order valence-electron chi connectivity index (χ4n) is 4.30. The van der Waals surface area contributed by atoms with E-state index in [4.69, 9.17) is 0 Å². The lowest BCUT2D eigenvalue weighted by Crippen LogP contribution is -2.54. The van der Waals surface area contributed by atoms with Gasteiger partial charge in [-0.3, -0.25) is 19.3 Å². The second-order valence-corrected chi connectivity index (χ2v) is 8.07. The zero-order valence-electron chi connectivity index (χ0n) is 17.6. The van der Waals surface area contributed by atoms with E-state index in [0.29, 0.717) is 6.42 Å². The predicted molar refractivity (Wildman–Crippen MR) is 109 cm³/mol. The summed E-state index contributed by atoms with van der Waals surface area (Å²) in [4.78, 5) is 52.9. The van der Waals surface area contributed by atoms with Gasteiger partial charge >= 0.3 is 12.0 Å². The summed E-state index contributed by atoms with van der Waals surface area (Å²) in [5.41, 5.74) is -0.00315. The molecule has 0 radical (unpaired) electrons. The Labute approximate surface area is 176 Å². The third-order valence-electron chi connectivity index (χ3n) is 6.18. The Balaban J connectivity index is 1.73. The highest BCUT2D eigenvalue weighted by Gasteiger charge is 2.55. The highest BCUT2D eigenvalue weighted by molar-refractivity contribution is 6.09. The van der Waals surface area contributed by atoms with E-state index in [2.05, 4.69) is 10.1 Å². The first kappa shape index (κ1) is 21.8. The number of methoxy groups -OCH3 is 1. The zero-order chi connectivity index (χ0) is 21.7. The van der Waals surface area contributed by atoms with Gasteiger partial charge < -0.3 is 15.0 Å². The average Bonchev–Trinajstić information content (AvgIpc) is 2.98. The molecule has 2 aliphatic rings. The molecule has 1 aromatic carbocycles. The lowest BCUT2D eigenvalue weighted by molar-refractivity contribution is -0.144. The maximum absolute atomic E-state index is 13.1. The Bertz CT molecular complexity index is 812. The molecular weight excluding hydrogens is 386 g/mol. The molecule has 1 aromatic rings. The Kier molecular flexibility index (Phi) is 6.74. The van der Waals surface area contributed by atoms with Crippen LogP contribution in [0.1, 0.15) is 44.6 Å². The van der Waals surface area contributed by atoms with E-state index in [1.807, 2.05) is 37.3 Å². The van der Waals surface area contributed by atoms with Crippen molar-refractivity contribution in [3.63, 3.8) is 0 Å². The standard InChI is InChI=1S/C22H29N3O5/c1-16-8-6-7-12-22(16)20(28)25(21(29)23-22)15-18(26)24(13-11-19(27)30-2)14-17-9-4-3-5-10-17/h3-5,9-10,16H,6-8,11-15H2,1-2H3,(H,23,29). The number of ether oxygens (including phenoxy) is 1. The van der Waals surface area contributed by atoms with Crippen molar-refractivity contribution in [3.8, 4) is 0 Å². The van der Waals surface area contributed by atoms with Crippen molar-refractivity contribution in [1.82, 2.24) is 15.1 Å². The fourth-order valence-corrected chi connectivity index (χ4v) is 4.30. The molecule has 1 saturated carbocycles. The molecule has 8 nitrogen and oxygen atoms in total. The second-order valence-electron chi connectivity index (χ2n) is 8.07. The lowest BCUT2D eigenvalue weighted by atomic mass is 9.73. The van der Waals surface area contributed by atoms with Crippen LogP contribution in [0.2, 0.25) is 0 Å². The molecular formula is C22H29N3O5. The lowest BCUT2D eigenvalue weighted by Gasteiger charge is -2.36. The van der Waals surface area contributed by atoms with Gasteiger partial charge in [0, 0.05) is 13.1 Å². The summed E-state index contributed by atoms with van der Waals surface area (Å²) >= 11 is 0. The van der Waals surface area contributed by atoms with Gasteiger partial charge in [0.25, 0.3) is 5.91 Å². The number of benzene rings is 1. The van der Waals surface area contributed by atoms with Gasteiger partial charge in [-0.2, -0.15) is 0 Å². The average molecular weight is 415 g/mol. The van der Waals surface area contributed by atoms with Crippen LogP contribution in [0.4, 0.5) is 4.79 Å². The van der Waals surface area contributed by atoms with Gasteiger partial charge in [0.15, 0.2) is 0 Å². The number of hydrogen-bond acceptors (Lipinski definition) is 5. The first-order valence-electron chi connectivity index (χ1n) is 10.4. The SMILES string of the molecule is COC(=O)CCN(Cc1ccccc1)C(=O)CN1C(=O)NC2(CCCCC2C)C1=O. The number of amides is 4. The van der Waals surface area contributed by atoms with Crippen LogP contribution in [-0.4, -0.2) is 59.4 Å². The van der Waals surface area contributed by atoms with Crippen LogP contribution < -0.4 is 5.32 Å². The minimum absolute atomic E-state index is 0.0301. The minimum Gasteiger partial charge on any atom is -0.469 e. The number of carbonyl (C=O) groups excluding carboxylic acids is 4. The van der Waals surface area contributed by atoms with E-state index in [0.717, 1.165) is 29.7 Å². The molecule has 3 rings (SSSR count). The maximum Gasteiger partial charge on any atom is 0.325 e. The van der Waals surface area contributed by atoms with Crippen molar-refractivity contribution < 1.29 is 23.9 Å². The van der Waals surface area contributed by atoms with E-state index in [1.165, 1.54) is 12.0 Å². The van der Waals surface area contributed by atoms with Gasteiger partial charge in [0.1, 0.15) is 12.1 Å². The first-order valence-corrected chi connectivity index (χ1v) is 10.4. The summed E-state index contributed by atoms with van der Waals surface area (Å²) in [6.07, 6.45) is 3.41. The second kappa shape index (κ2) is 9.28. The Morgan fingerprint density at radius 1 is 1.23 bits per heavy atom. The van der Waals surface area contributed by atoms with Crippen LogP contribution in [0, 0.1) is 5.92 Å². The van der Waals surface area contributed by atoms with E-state index < -0.39 is 17.5 Å². The molecule has 1 aliphatic carbocycles. The third kappa shape index (κ3) is 4.47. The van der Waals surface area contributed by atoms with Gasteiger partial charge in [0.2, 0.25) is 5.91 Å². The molecule has 2 unspecified atom stereocenters. The Morgan fingerprint density at radius 3 is 2.63 bits per heavy atom. The molecule has 1 spiro atoms. The van der Waals surface area contributed by atoms with Crippen LogP contribution in [0.5, 0.6) is 0 Å². The summed E-state index contributed by atoms with van der Waals surface area (Å²) in [5, 5.41) is 2.86. The fraction of sp³-hybridized carbons (Fsp3) is 0.545. The topological polar surface area (TPSA) is 96.0 Å². The quantitative estimate of drug-likeness (QED) is 0.543. The van der Waals surface area contributed by atoms with Crippen molar-refractivity contribution in [1.29, 1.82) is 0 Å². The Morgan fingerprint density at radius 2 is 1.97 bits per heavy atom. The molecule has 2 atom stereocenters. The van der Waals surface area contributed by atoms with Crippen molar-refractivity contribution in [2.75, 3.05) is 20.2 Å². The molecule has 4 amide bonds. The molecule has 30 heavy (non-hydrogen) atoms. The number of imide groups is 1. The van der Waals surface area contributed by atoms with E-state index in [-0.39, 0.29) is 43.8 Å². The largest absolute Gasteiger partial charge is 0.469 e. The smallest absolute Gasteiger partial charge is 0.325 e. The van der Waals surface area contributed by atoms with E-state index >= 15 is 0 Å².